The molecule has 2 saturated heterocycles. The molecule has 3 atom stereocenters. The van der Waals surface area contributed by atoms with E-state index in [4.69, 9.17) is 4.42 Å². The molecule has 1 aromatic rings. The largest absolute Gasteiger partial charge is 0.467 e. The van der Waals surface area contributed by atoms with Gasteiger partial charge >= 0.3 is 0 Å². The van der Waals surface area contributed by atoms with E-state index in [1.54, 1.807) is 18.4 Å². The Kier molecular flexibility index (Phi) is 5.00. The van der Waals surface area contributed by atoms with Crippen LogP contribution in [0.5, 0.6) is 0 Å². The molecule has 0 bridgehead atoms. The number of carbonyl (C=O) groups is 2. The minimum Gasteiger partial charge on any atom is -0.467 e. The summed E-state index contributed by atoms with van der Waals surface area (Å²) in [6, 6.07) is 3.10. The van der Waals surface area contributed by atoms with Crippen molar-refractivity contribution in [3.8, 4) is 0 Å². The van der Waals surface area contributed by atoms with Gasteiger partial charge in [-0.05, 0) is 31.4 Å². The van der Waals surface area contributed by atoms with Crippen molar-refractivity contribution in [1.29, 1.82) is 0 Å². The Morgan fingerprint density at radius 1 is 1.39 bits per heavy atom. The van der Waals surface area contributed by atoms with Crippen molar-refractivity contribution < 1.29 is 19.1 Å². The van der Waals surface area contributed by atoms with Crippen LogP contribution in [0, 0.1) is 0 Å². The van der Waals surface area contributed by atoms with Crippen LogP contribution >= 0.6 is 0 Å². The highest BCUT2D eigenvalue weighted by atomic mass is 16.4. The second-order valence-electron chi connectivity index (χ2n) is 6.46. The highest BCUT2D eigenvalue weighted by molar-refractivity contribution is 5.91. The van der Waals surface area contributed by atoms with Crippen LogP contribution in [-0.4, -0.2) is 40.4 Å². The van der Waals surface area contributed by atoms with Crippen LogP contribution in [0.15, 0.2) is 22.8 Å². The summed E-state index contributed by atoms with van der Waals surface area (Å²) < 4.78 is 5.27. The summed E-state index contributed by atoms with van der Waals surface area (Å²) in [5.74, 6) is 0.482. The molecule has 0 spiro atoms. The summed E-state index contributed by atoms with van der Waals surface area (Å²) in [6.45, 7) is 0.695. The second kappa shape index (κ2) is 7.17. The lowest BCUT2D eigenvalue weighted by Crippen LogP contribution is -2.49. The molecule has 3 rings (SSSR count). The van der Waals surface area contributed by atoms with E-state index in [0.29, 0.717) is 31.6 Å². The molecule has 0 radical (unpaired) electrons. The van der Waals surface area contributed by atoms with Gasteiger partial charge in [0.15, 0.2) is 0 Å². The van der Waals surface area contributed by atoms with Gasteiger partial charge in [0.1, 0.15) is 17.9 Å². The van der Waals surface area contributed by atoms with Gasteiger partial charge in [0.05, 0.1) is 6.26 Å². The maximum absolute atomic E-state index is 12.8. The van der Waals surface area contributed by atoms with Crippen molar-refractivity contribution in [2.75, 3.05) is 6.54 Å². The van der Waals surface area contributed by atoms with Crippen molar-refractivity contribution in [1.82, 2.24) is 10.2 Å². The van der Waals surface area contributed by atoms with E-state index in [9.17, 15) is 14.7 Å². The monoisotopic (exact) mass is 320 g/mol. The highest BCUT2D eigenvalue weighted by Crippen LogP contribution is 2.28. The van der Waals surface area contributed by atoms with Crippen molar-refractivity contribution >= 4 is 11.8 Å². The number of nitrogens with one attached hydrogen (secondary N) is 1. The van der Waals surface area contributed by atoms with E-state index < -0.39 is 12.1 Å². The van der Waals surface area contributed by atoms with E-state index in [0.717, 1.165) is 25.7 Å². The number of hydrogen-bond donors (Lipinski definition) is 2. The average Bonchev–Trinajstić information content (AvgIpc) is 3.16. The Hall–Kier alpha value is -1.82. The molecular weight excluding hydrogens is 296 g/mol. The number of hydrogen-bond acceptors (Lipinski definition) is 4. The molecule has 126 valence electrons. The smallest absolute Gasteiger partial charge is 0.245 e. The third-order valence-corrected chi connectivity index (χ3v) is 4.82. The minimum atomic E-state index is -0.707. The van der Waals surface area contributed by atoms with Gasteiger partial charge in [-0.15, -0.1) is 0 Å². The first kappa shape index (κ1) is 16.1. The van der Waals surface area contributed by atoms with Crippen LogP contribution in [0.4, 0.5) is 0 Å². The molecule has 6 nitrogen and oxygen atoms in total. The number of furan rings is 1. The molecule has 2 aliphatic heterocycles. The quantitative estimate of drug-likeness (QED) is 0.885. The maximum Gasteiger partial charge on any atom is 0.245 e. The Morgan fingerprint density at radius 3 is 2.96 bits per heavy atom. The van der Waals surface area contributed by atoms with Crippen LogP contribution in [-0.2, 0) is 9.59 Å². The number of nitrogens with zero attached hydrogens (tertiary/aromatic N) is 1. The molecule has 6 heteroatoms. The van der Waals surface area contributed by atoms with E-state index >= 15 is 0 Å². The lowest BCUT2D eigenvalue weighted by molar-refractivity contribution is -0.137. The molecule has 3 heterocycles. The SMILES string of the molecule is O=C1CC[C@H](C(=O)N2CCCCC[C@@H]2C[C@H](O)c2ccco2)N1. The number of carbonyl (C=O) groups excluding carboxylic acids is 2. The zero-order valence-electron chi connectivity index (χ0n) is 13.2. The Balaban J connectivity index is 1.69. The fraction of sp³-hybridized carbons (Fsp3) is 0.647. The fourth-order valence-electron chi connectivity index (χ4n) is 3.57. The van der Waals surface area contributed by atoms with Crippen LogP contribution < -0.4 is 5.32 Å². The minimum absolute atomic E-state index is 0.00519. The molecule has 2 fully saturated rings. The Labute approximate surface area is 135 Å². The Morgan fingerprint density at radius 2 is 2.26 bits per heavy atom. The first-order chi connectivity index (χ1) is 11.1. The molecule has 0 aliphatic carbocycles. The van der Waals surface area contributed by atoms with Gasteiger partial charge in [0.25, 0.3) is 0 Å². The van der Waals surface area contributed by atoms with Gasteiger partial charge < -0.3 is 19.7 Å². The standard InChI is InChI=1S/C17H24N2O4/c20-14(15-6-4-10-23-15)11-12-5-2-1-3-9-19(12)17(22)13-7-8-16(21)18-13/h4,6,10,12-14,20H,1-3,5,7-9,11H2,(H,18,21)/t12-,13-,14+/m1/s1. The van der Waals surface area contributed by atoms with E-state index in [1.807, 2.05) is 4.90 Å². The fourth-order valence-corrected chi connectivity index (χ4v) is 3.57. The topological polar surface area (TPSA) is 82.8 Å². The van der Waals surface area contributed by atoms with Gasteiger partial charge in [-0.25, -0.2) is 0 Å². The number of aliphatic hydroxyl groups is 1. The normalized spacial score (nSPS) is 26.7. The lowest BCUT2D eigenvalue weighted by Gasteiger charge is -2.33. The zero-order chi connectivity index (χ0) is 16.2. The first-order valence-electron chi connectivity index (χ1n) is 8.46. The molecule has 0 saturated carbocycles. The summed E-state index contributed by atoms with van der Waals surface area (Å²) in [4.78, 5) is 26.0. The van der Waals surface area contributed by atoms with Crippen LogP contribution in [0.1, 0.15) is 56.8 Å². The van der Waals surface area contributed by atoms with Gasteiger partial charge in [-0.1, -0.05) is 12.8 Å². The predicted molar refractivity (Wildman–Crippen MR) is 83.4 cm³/mol. The van der Waals surface area contributed by atoms with Crippen molar-refractivity contribution in [2.24, 2.45) is 0 Å². The van der Waals surface area contributed by atoms with Crippen molar-refractivity contribution in [2.45, 2.75) is 63.1 Å². The van der Waals surface area contributed by atoms with Crippen LogP contribution in [0.2, 0.25) is 0 Å². The summed E-state index contributed by atoms with van der Waals surface area (Å²) in [6.07, 6.45) is 6.30. The predicted octanol–water partition coefficient (Wildman–Crippen LogP) is 1.75. The zero-order valence-corrected chi connectivity index (χ0v) is 13.2. The van der Waals surface area contributed by atoms with Crippen molar-refractivity contribution in [3.05, 3.63) is 24.2 Å². The van der Waals surface area contributed by atoms with E-state index in [-0.39, 0.29) is 17.9 Å². The average molecular weight is 320 g/mol. The first-order valence-corrected chi connectivity index (χ1v) is 8.46. The summed E-state index contributed by atoms with van der Waals surface area (Å²) in [5, 5.41) is 13.1. The maximum atomic E-state index is 12.8. The third kappa shape index (κ3) is 3.75. The molecule has 0 aromatic carbocycles. The molecule has 2 N–H and O–H groups in total. The summed E-state index contributed by atoms with van der Waals surface area (Å²) >= 11 is 0. The molecular formula is C17H24N2O4. The van der Waals surface area contributed by atoms with E-state index in [1.165, 1.54) is 0 Å². The number of likely N-dealkylation sites (tertiary alicyclic amines) is 1. The van der Waals surface area contributed by atoms with Gasteiger partial charge in [-0.2, -0.15) is 0 Å². The third-order valence-electron chi connectivity index (χ3n) is 4.82. The molecule has 0 unspecified atom stereocenters. The van der Waals surface area contributed by atoms with Gasteiger partial charge in [0.2, 0.25) is 11.8 Å². The molecule has 2 aliphatic rings. The molecule has 2 amide bonds. The number of aliphatic hydroxyl groups excluding tert-OH is 1. The van der Waals surface area contributed by atoms with Crippen LogP contribution in [0.25, 0.3) is 0 Å². The summed E-state index contributed by atoms with van der Waals surface area (Å²) in [5.41, 5.74) is 0. The van der Waals surface area contributed by atoms with Gasteiger partial charge in [-0.3, -0.25) is 9.59 Å². The lowest BCUT2D eigenvalue weighted by atomic mass is 10.0. The van der Waals surface area contributed by atoms with Crippen LogP contribution in [0.3, 0.4) is 0 Å². The van der Waals surface area contributed by atoms with E-state index in [2.05, 4.69) is 5.32 Å². The Bertz CT molecular complexity index is 543. The van der Waals surface area contributed by atoms with Crippen molar-refractivity contribution in [3.63, 3.8) is 0 Å². The van der Waals surface area contributed by atoms with Gasteiger partial charge in [0, 0.05) is 25.4 Å². The highest BCUT2D eigenvalue weighted by Gasteiger charge is 2.35. The molecule has 1 aromatic heterocycles. The summed E-state index contributed by atoms with van der Waals surface area (Å²) in [7, 11) is 0. The number of amides is 2. The number of rotatable bonds is 4. The second-order valence-corrected chi connectivity index (χ2v) is 6.46. The molecule has 23 heavy (non-hydrogen) atoms.